The smallest absolute Gasteiger partial charge is 0.407 e. The fourth-order valence-electron chi connectivity index (χ4n) is 3.22. The highest BCUT2D eigenvalue weighted by Gasteiger charge is 2.31. The van der Waals surface area contributed by atoms with E-state index in [9.17, 15) is 4.79 Å². The molecule has 5 heteroatoms. The van der Waals surface area contributed by atoms with E-state index in [0.29, 0.717) is 12.6 Å². The second-order valence-electron chi connectivity index (χ2n) is 7.01. The van der Waals surface area contributed by atoms with Crippen molar-refractivity contribution >= 4 is 6.09 Å². The van der Waals surface area contributed by atoms with Crippen LogP contribution in [0.15, 0.2) is 0 Å². The summed E-state index contributed by atoms with van der Waals surface area (Å²) >= 11 is 0. The van der Waals surface area contributed by atoms with Gasteiger partial charge in [0, 0.05) is 24.7 Å². The molecule has 0 aliphatic heterocycles. The van der Waals surface area contributed by atoms with Gasteiger partial charge in [-0.1, -0.05) is 19.8 Å². The fraction of sp³-hybridized carbons (Fsp3) is 0.938. The Labute approximate surface area is 129 Å². The lowest BCUT2D eigenvalue weighted by Crippen LogP contribution is -2.56. The quantitative estimate of drug-likeness (QED) is 0.791. The van der Waals surface area contributed by atoms with Crippen LogP contribution in [0.2, 0.25) is 0 Å². The van der Waals surface area contributed by atoms with Crippen LogP contribution in [0.3, 0.4) is 0 Å². The van der Waals surface area contributed by atoms with E-state index in [2.05, 4.69) is 17.1 Å². The summed E-state index contributed by atoms with van der Waals surface area (Å²) in [5.41, 5.74) is 5.51. The topological polar surface area (TPSA) is 67.6 Å². The van der Waals surface area contributed by atoms with Gasteiger partial charge in [-0.2, -0.15) is 0 Å². The molecule has 1 amide bonds. The van der Waals surface area contributed by atoms with Gasteiger partial charge in [-0.15, -0.1) is 0 Å². The van der Waals surface area contributed by atoms with Crippen molar-refractivity contribution in [3.63, 3.8) is 0 Å². The van der Waals surface area contributed by atoms with Gasteiger partial charge in [0.05, 0.1) is 0 Å². The van der Waals surface area contributed by atoms with Gasteiger partial charge in [0.2, 0.25) is 0 Å². The van der Waals surface area contributed by atoms with Gasteiger partial charge < -0.3 is 15.8 Å². The Morgan fingerprint density at radius 2 is 1.95 bits per heavy atom. The molecule has 0 heterocycles. The first-order chi connectivity index (χ1) is 9.78. The van der Waals surface area contributed by atoms with Crippen LogP contribution < -0.4 is 11.1 Å². The van der Waals surface area contributed by atoms with Crippen LogP contribution in [0.5, 0.6) is 0 Å². The van der Waals surface area contributed by atoms with Crippen molar-refractivity contribution in [1.29, 1.82) is 0 Å². The molecule has 0 spiro atoms. The van der Waals surface area contributed by atoms with Gasteiger partial charge >= 0.3 is 6.09 Å². The lowest BCUT2D eigenvalue weighted by molar-refractivity contribution is 0.0450. The highest BCUT2D eigenvalue weighted by Crippen LogP contribution is 2.25. The van der Waals surface area contributed by atoms with Crippen molar-refractivity contribution in [3.8, 4) is 0 Å². The molecule has 1 aliphatic rings. The molecule has 124 valence electrons. The number of nitrogens with zero attached hydrogens (tertiary/aromatic N) is 1. The number of rotatable bonds is 6. The minimum absolute atomic E-state index is 0.0228. The number of hydrogen-bond donors (Lipinski definition) is 2. The van der Waals surface area contributed by atoms with E-state index in [0.717, 1.165) is 6.54 Å². The van der Waals surface area contributed by atoms with Gasteiger partial charge in [0.1, 0.15) is 5.60 Å². The number of nitrogens with two attached hydrogens (primary N) is 1. The standard InChI is InChI=1S/C16H33N3O2/c1-6-19(13-9-7-8-10-13)14(11-17)12(2)18-15(20)21-16(3,4)5/h12-14H,6-11,17H2,1-5H3,(H,18,20). The molecular formula is C16H33N3O2. The number of carbonyl (C=O) groups excluding carboxylic acids is 1. The summed E-state index contributed by atoms with van der Waals surface area (Å²) in [6, 6.07) is 0.738. The predicted molar refractivity (Wildman–Crippen MR) is 86.3 cm³/mol. The maximum Gasteiger partial charge on any atom is 0.407 e. The molecule has 5 nitrogen and oxygen atoms in total. The van der Waals surface area contributed by atoms with Crippen molar-refractivity contribution in [2.24, 2.45) is 5.73 Å². The average molecular weight is 299 g/mol. The molecule has 0 saturated heterocycles. The van der Waals surface area contributed by atoms with Gasteiger partial charge in [0.15, 0.2) is 0 Å². The van der Waals surface area contributed by atoms with Gasteiger partial charge in [-0.25, -0.2) is 4.79 Å². The first kappa shape index (κ1) is 18.2. The second kappa shape index (κ2) is 7.99. The van der Waals surface area contributed by atoms with Crippen molar-refractivity contribution in [1.82, 2.24) is 10.2 Å². The lowest BCUT2D eigenvalue weighted by atomic mass is 10.0. The van der Waals surface area contributed by atoms with Crippen LogP contribution in [0.1, 0.15) is 60.3 Å². The van der Waals surface area contributed by atoms with E-state index < -0.39 is 5.60 Å². The highest BCUT2D eigenvalue weighted by molar-refractivity contribution is 5.68. The molecular weight excluding hydrogens is 266 g/mol. The summed E-state index contributed by atoms with van der Waals surface area (Å²) in [4.78, 5) is 14.4. The third-order valence-corrected chi connectivity index (χ3v) is 4.15. The van der Waals surface area contributed by atoms with Crippen molar-refractivity contribution < 1.29 is 9.53 Å². The summed E-state index contributed by atoms with van der Waals surface area (Å²) in [6.45, 7) is 11.3. The Morgan fingerprint density at radius 1 is 1.38 bits per heavy atom. The maximum atomic E-state index is 11.9. The third kappa shape index (κ3) is 5.83. The zero-order valence-corrected chi connectivity index (χ0v) is 14.3. The molecule has 0 aromatic rings. The molecule has 2 unspecified atom stereocenters. The minimum Gasteiger partial charge on any atom is -0.444 e. The summed E-state index contributed by atoms with van der Waals surface area (Å²) in [6.07, 6.45) is 4.71. The summed E-state index contributed by atoms with van der Waals surface area (Å²) in [5, 5.41) is 2.94. The zero-order valence-electron chi connectivity index (χ0n) is 14.3. The Bertz CT molecular complexity index is 322. The molecule has 1 saturated carbocycles. The fourth-order valence-corrected chi connectivity index (χ4v) is 3.22. The molecule has 1 fully saturated rings. The predicted octanol–water partition coefficient (Wildman–Crippen LogP) is 2.49. The first-order valence-corrected chi connectivity index (χ1v) is 8.23. The minimum atomic E-state index is -0.474. The van der Waals surface area contributed by atoms with Crippen LogP contribution >= 0.6 is 0 Å². The number of hydrogen-bond acceptors (Lipinski definition) is 4. The average Bonchev–Trinajstić information content (AvgIpc) is 2.86. The number of ether oxygens (including phenoxy) is 1. The van der Waals surface area contributed by atoms with Gasteiger partial charge in [-0.05, 0) is 47.1 Å². The van der Waals surface area contributed by atoms with Crippen LogP contribution in [0.25, 0.3) is 0 Å². The van der Waals surface area contributed by atoms with E-state index in [1.54, 1.807) is 0 Å². The molecule has 21 heavy (non-hydrogen) atoms. The summed E-state index contributed by atoms with van der Waals surface area (Å²) < 4.78 is 5.33. The monoisotopic (exact) mass is 299 g/mol. The molecule has 0 radical (unpaired) electrons. The summed E-state index contributed by atoms with van der Waals surface area (Å²) in [7, 11) is 0. The number of likely N-dealkylation sites (N-methyl/N-ethyl adjacent to an activating group) is 1. The third-order valence-electron chi connectivity index (χ3n) is 4.15. The first-order valence-electron chi connectivity index (χ1n) is 8.23. The van der Waals surface area contributed by atoms with E-state index in [4.69, 9.17) is 10.5 Å². The van der Waals surface area contributed by atoms with Crippen LogP contribution in [-0.4, -0.2) is 47.8 Å². The van der Waals surface area contributed by atoms with Crippen molar-refractivity contribution in [2.75, 3.05) is 13.1 Å². The van der Waals surface area contributed by atoms with Crippen LogP contribution in [0, 0.1) is 0 Å². The largest absolute Gasteiger partial charge is 0.444 e. The number of nitrogens with one attached hydrogen (secondary N) is 1. The van der Waals surface area contributed by atoms with Crippen LogP contribution in [-0.2, 0) is 4.74 Å². The molecule has 0 aromatic heterocycles. The summed E-state index contributed by atoms with van der Waals surface area (Å²) in [5.74, 6) is 0. The zero-order chi connectivity index (χ0) is 16.0. The van der Waals surface area contributed by atoms with Crippen molar-refractivity contribution in [2.45, 2.75) is 84.0 Å². The van der Waals surface area contributed by atoms with E-state index in [1.807, 2.05) is 27.7 Å². The van der Waals surface area contributed by atoms with E-state index in [-0.39, 0.29) is 18.2 Å². The van der Waals surface area contributed by atoms with E-state index in [1.165, 1.54) is 25.7 Å². The molecule has 1 aliphatic carbocycles. The number of alkyl carbamates (subject to hydrolysis) is 1. The molecule has 0 aromatic carbocycles. The second-order valence-corrected chi connectivity index (χ2v) is 7.01. The molecule has 1 rings (SSSR count). The Balaban J connectivity index is 2.62. The highest BCUT2D eigenvalue weighted by atomic mass is 16.6. The normalized spacial score (nSPS) is 19.6. The molecule has 0 bridgehead atoms. The van der Waals surface area contributed by atoms with Crippen molar-refractivity contribution in [3.05, 3.63) is 0 Å². The van der Waals surface area contributed by atoms with E-state index >= 15 is 0 Å². The lowest BCUT2D eigenvalue weighted by Gasteiger charge is -2.38. The van der Waals surface area contributed by atoms with Gasteiger partial charge in [0.25, 0.3) is 0 Å². The number of amides is 1. The molecule has 3 N–H and O–H groups in total. The number of carbonyl (C=O) groups is 1. The maximum absolute atomic E-state index is 11.9. The SMILES string of the molecule is CCN(C1CCCC1)C(CN)C(C)NC(=O)OC(C)(C)C. The van der Waals surface area contributed by atoms with Crippen LogP contribution in [0.4, 0.5) is 4.79 Å². The Kier molecular flexibility index (Phi) is 6.94. The van der Waals surface area contributed by atoms with Gasteiger partial charge in [-0.3, -0.25) is 4.90 Å². The molecule has 2 atom stereocenters. The Hall–Kier alpha value is -0.810. The Morgan fingerprint density at radius 3 is 2.38 bits per heavy atom.